The summed E-state index contributed by atoms with van der Waals surface area (Å²) in [6, 6.07) is 6.39. The molecular formula is C17H26N4O4. The van der Waals surface area contributed by atoms with E-state index in [0.29, 0.717) is 32.1 Å². The number of hydrogen-bond acceptors (Lipinski definition) is 5. The summed E-state index contributed by atoms with van der Waals surface area (Å²) >= 11 is 0. The van der Waals surface area contributed by atoms with Crippen molar-refractivity contribution < 1.29 is 14.8 Å². The molecule has 25 heavy (non-hydrogen) atoms. The van der Waals surface area contributed by atoms with Crippen molar-refractivity contribution in [3.8, 4) is 0 Å². The number of aliphatic imine (C=N–C) groups is 1. The Balaban J connectivity index is 1.96. The number of guanidine groups is 1. The molecule has 3 N–H and O–H groups in total. The van der Waals surface area contributed by atoms with Crippen LogP contribution in [0.5, 0.6) is 0 Å². The molecule has 1 saturated heterocycles. The van der Waals surface area contributed by atoms with E-state index in [2.05, 4.69) is 15.6 Å². The van der Waals surface area contributed by atoms with Gasteiger partial charge in [0.05, 0.1) is 18.1 Å². The van der Waals surface area contributed by atoms with Gasteiger partial charge in [0.25, 0.3) is 5.69 Å². The SMILES string of the molecule is CCNC(=NCc1ccc([N+](=O)[O-])cc1)NCC1(CCO)CCOC1. The highest BCUT2D eigenvalue weighted by molar-refractivity contribution is 5.79. The zero-order chi connectivity index (χ0) is 18.1. The number of nitro groups is 1. The van der Waals surface area contributed by atoms with Crippen molar-refractivity contribution >= 4 is 11.6 Å². The largest absolute Gasteiger partial charge is 0.396 e. The number of nitrogens with one attached hydrogen (secondary N) is 2. The van der Waals surface area contributed by atoms with E-state index >= 15 is 0 Å². The van der Waals surface area contributed by atoms with Gasteiger partial charge in [0.15, 0.2) is 5.96 Å². The first-order chi connectivity index (χ1) is 12.1. The van der Waals surface area contributed by atoms with E-state index < -0.39 is 4.92 Å². The molecule has 0 bridgehead atoms. The molecule has 1 aliphatic heterocycles. The van der Waals surface area contributed by atoms with Crippen molar-refractivity contribution in [3.05, 3.63) is 39.9 Å². The third-order valence-electron chi connectivity index (χ3n) is 4.37. The molecule has 0 saturated carbocycles. The van der Waals surface area contributed by atoms with Crippen LogP contribution in [0.25, 0.3) is 0 Å². The normalized spacial score (nSPS) is 20.5. The topological polar surface area (TPSA) is 109 Å². The Labute approximate surface area is 147 Å². The number of aliphatic hydroxyl groups is 1. The van der Waals surface area contributed by atoms with Crippen LogP contribution in [0.4, 0.5) is 5.69 Å². The molecule has 1 aromatic carbocycles. The van der Waals surface area contributed by atoms with Crippen molar-refractivity contribution in [2.45, 2.75) is 26.3 Å². The summed E-state index contributed by atoms with van der Waals surface area (Å²) in [5.41, 5.74) is 0.917. The van der Waals surface area contributed by atoms with Gasteiger partial charge in [-0.1, -0.05) is 12.1 Å². The molecule has 138 valence electrons. The van der Waals surface area contributed by atoms with Crippen LogP contribution in [0, 0.1) is 15.5 Å². The number of nitro benzene ring substituents is 1. The molecule has 1 aliphatic rings. The van der Waals surface area contributed by atoms with E-state index in [4.69, 9.17) is 4.74 Å². The monoisotopic (exact) mass is 350 g/mol. The maximum absolute atomic E-state index is 10.7. The first-order valence-corrected chi connectivity index (χ1v) is 8.53. The average Bonchev–Trinajstić information content (AvgIpc) is 3.07. The second kappa shape index (κ2) is 9.33. The summed E-state index contributed by atoms with van der Waals surface area (Å²) in [5, 5.41) is 26.5. The number of rotatable bonds is 8. The van der Waals surface area contributed by atoms with Gasteiger partial charge in [-0.25, -0.2) is 4.99 Å². The fourth-order valence-electron chi connectivity index (χ4n) is 2.82. The third-order valence-corrected chi connectivity index (χ3v) is 4.37. The lowest BCUT2D eigenvalue weighted by atomic mass is 9.84. The second-order valence-corrected chi connectivity index (χ2v) is 6.25. The molecule has 1 fully saturated rings. The van der Waals surface area contributed by atoms with Crippen molar-refractivity contribution in [1.82, 2.24) is 10.6 Å². The second-order valence-electron chi connectivity index (χ2n) is 6.25. The van der Waals surface area contributed by atoms with Crippen molar-refractivity contribution in [3.63, 3.8) is 0 Å². The van der Waals surface area contributed by atoms with Gasteiger partial charge in [0.1, 0.15) is 0 Å². The lowest BCUT2D eigenvalue weighted by molar-refractivity contribution is -0.384. The molecule has 1 atom stereocenters. The van der Waals surface area contributed by atoms with Crippen LogP contribution in [0.15, 0.2) is 29.3 Å². The summed E-state index contributed by atoms with van der Waals surface area (Å²) in [7, 11) is 0. The first-order valence-electron chi connectivity index (χ1n) is 8.53. The zero-order valence-electron chi connectivity index (χ0n) is 14.5. The minimum Gasteiger partial charge on any atom is -0.396 e. The van der Waals surface area contributed by atoms with E-state index in [9.17, 15) is 15.2 Å². The minimum absolute atomic E-state index is 0.0572. The standard InChI is InChI=1S/C17H26N4O4/c1-2-18-16(20-12-17(7-9-22)8-10-25-13-17)19-11-14-3-5-15(6-4-14)21(23)24/h3-6,22H,2,7-13H2,1H3,(H2,18,19,20). The third kappa shape index (κ3) is 5.68. The van der Waals surface area contributed by atoms with Gasteiger partial charge < -0.3 is 20.5 Å². The summed E-state index contributed by atoms with van der Waals surface area (Å²) in [6.07, 6.45) is 1.62. The van der Waals surface area contributed by atoms with Gasteiger partial charge in [-0.2, -0.15) is 0 Å². The summed E-state index contributed by atoms with van der Waals surface area (Å²) < 4.78 is 5.50. The summed E-state index contributed by atoms with van der Waals surface area (Å²) in [6.45, 7) is 5.33. The van der Waals surface area contributed by atoms with Crippen LogP contribution >= 0.6 is 0 Å². The first kappa shape index (κ1) is 19.1. The van der Waals surface area contributed by atoms with Gasteiger partial charge >= 0.3 is 0 Å². The van der Waals surface area contributed by atoms with Gasteiger partial charge in [-0.3, -0.25) is 10.1 Å². The van der Waals surface area contributed by atoms with Gasteiger partial charge in [-0.15, -0.1) is 0 Å². The fourth-order valence-corrected chi connectivity index (χ4v) is 2.82. The smallest absolute Gasteiger partial charge is 0.269 e. The van der Waals surface area contributed by atoms with E-state index in [-0.39, 0.29) is 17.7 Å². The Hall–Kier alpha value is -2.19. The quantitative estimate of drug-likeness (QED) is 0.283. The van der Waals surface area contributed by atoms with E-state index in [1.54, 1.807) is 12.1 Å². The van der Waals surface area contributed by atoms with Crippen LogP contribution in [-0.2, 0) is 11.3 Å². The van der Waals surface area contributed by atoms with Crippen LogP contribution in [0.1, 0.15) is 25.3 Å². The molecular weight excluding hydrogens is 324 g/mol. The highest BCUT2D eigenvalue weighted by atomic mass is 16.6. The highest BCUT2D eigenvalue weighted by Crippen LogP contribution is 2.31. The summed E-state index contributed by atoms with van der Waals surface area (Å²) in [5.74, 6) is 0.685. The van der Waals surface area contributed by atoms with Crippen LogP contribution in [-0.4, -0.2) is 48.9 Å². The van der Waals surface area contributed by atoms with Crippen LogP contribution in [0.2, 0.25) is 0 Å². The molecule has 0 aliphatic carbocycles. The van der Waals surface area contributed by atoms with Gasteiger partial charge in [-0.05, 0) is 25.3 Å². The average molecular weight is 350 g/mol. The molecule has 8 heteroatoms. The number of benzene rings is 1. The molecule has 1 heterocycles. The predicted molar refractivity (Wildman–Crippen MR) is 95.5 cm³/mol. The van der Waals surface area contributed by atoms with Crippen molar-refractivity contribution in [1.29, 1.82) is 0 Å². The van der Waals surface area contributed by atoms with E-state index in [1.165, 1.54) is 12.1 Å². The molecule has 0 radical (unpaired) electrons. The highest BCUT2D eigenvalue weighted by Gasteiger charge is 2.34. The Bertz CT molecular complexity index is 583. The van der Waals surface area contributed by atoms with E-state index in [1.807, 2.05) is 6.92 Å². The van der Waals surface area contributed by atoms with E-state index in [0.717, 1.165) is 25.1 Å². The Morgan fingerprint density at radius 1 is 1.40 bits per heavy atom. The Kier molecular flexibility index (Phi) is 7.15. The van der Waals surface area contributed by atoms with Gasteiger partial charge in [0, 0.05) is 43.9 Å². The molecule has 8 nitrogen and oxygen atoms in total. The van der Waals surface area contributed by atoms with Crippen LogP contribution < -0.4 is 10.6 Å². The Morgan fingerprint density at radius 2 is 2.16 bits per heavy atom. The molecule has 2 rings (SSSR count). The van der Waals surface area contributed by atoms with Crippen molar-refractivity contribution in [2.24, 2.45) is 10.4 Å². The fraction of sp³-hybridized carbons (Fsp3) is 0.588. The van der Waals surface area contributed by atoms with Crippen molar-refractivity contribution in [2.75, 3.05) is 32.9 Å². The molecule has 0 aromatic heterocycles. The molecule has 0 amide bonds. The number of hydrogen-bond donors (Lipinski definition) is 3. The maximum atomic E-state index is 10.7. The number of non-ortho nitro benzene ring substituents is 1. The molecule has 1 aromatic rings. The molecule has 1 unspecified atom stereocenters. The number of aliphatic hydroxyl groups excluding tert-OH is 1. The predicted octanol–water partition coefficient (Wildman–Crippen LogP) is 1.44. The zero-order valence-corrected chi connectivity index (χ0v) is 14.5. The lowest BCUT2D eigenvalue weighted by Gasteiger charge is -2.27. The summed E-state index contributed by atoms with van der Waals surface area (Å²) in [4.78, 5) is 14.8. The Morgan fingerprint density at radius 3 is 2.72 bits per heavy atom. The van der Waals surface area contributed by atoms with Crippen LogP contribution in [0.3, 0.4) is 0 Å². The minimum atomic E-state index is -0.414. The molecule has 0 spiro atoms. The number of nitrogens with zero attached hydrogens (tertiary/aromatic N) is 2. The van der Waals surface area contributed by atoms with Gasteiger partial charge in [0.2, 0.25) is 0 Å². The maximum Gasteiger partial charge on any atom is 0.269 e. The lowest BCUT2D eigenvalue weighted by Crippen LogP contribution is -2.44. The number of ether oxygens (including phenoxy) is 1.